The number of thiazole rings is 1. The summed E-state index contributed by atoms with van der Waals surface area (Å²) in [5.41, 5.74) is 0.890. The molecule has 0 aliphatic rings. The zero-order valence-corrected chi connectivity index (χ0v) is 17.6. The summed E-state index contributed by atoms with van der Waals surface area (Å²) in [4.78, 5) is 29.0. The van der Waals surface area contributed by atoms with Crippen LogP contribution in [0.15, 0.2) is 47.3 Å². The number of aromatic nitrogens is 1. The number of benzene rings is 1. The van der Waals surface area contributed by atoms with Crippen LogP contribution in [0.2, 0.25) is 0 Å². The van der Waals surface area contributed by atoms with Gasteiger partial charge in [0.15, 0.2) is 4.34 Å². The number of thioether (sulfide) groups is 1. The molecule has 1 heterocycles. The molecule has 144 valence electrons. The van der Waals surface area contributed by atoms with Crippen LogP contribution >= 0.6 is 34.7 Å². The fourth-order valence-corrected chi connectivity index (χ4v) is 3.95. The Bertz CT molecular complexity index is 807. The van der Waals surface area contributed by atoms with Crippen LogP contribution in [0.5, 0.6) is 0 Å². The highest BCUT2D eigenvalue weighted by Gasteiger charge is 2.28. The second-order valence-corrected chi connectivity index (χ2v) is 8.87. The summed E-state index contributed by atoms with van der Waals surface area (Å²) in [6.45, 7) is 7.58. The van der Waals surface area contributed by atoms with E-state index >= 15 is 0 Å². The van der Waals surface area contributed by atoms with E-state index in [0.717, 1.165) is 5.56 Å². The highest BCUT2D eigenvalue weighted by Crippen LogP contribution is 2.38. The number of nitrogens with one attached hydrogen (secondary N) is 2. The number of hydrogen-bond donors (Lipinski definition) is 2. The van der Waals surface area contributed by atoms with Crippen LogP contribution in [0.25, 0.3) is 11.3 Å². The van der Waals surface area contributed by atoms with Gasteiger partial charge >= 0.3 is 0 Å². The van der Waals surface area contributed by atoms with Gasteiger partial charge in [-0.25, -0.2) is 4.98 Å². The van der Waals surface area contributed by atoms with Gasteiger partial charge in [0.25, 0.3) is 0 Å². The molecule has 0 radical (unpaired) electrons. The first-order valence-corrected chi connectivity index (χ1v) is 10.6. The Morgan fingerprint density at radius 1 is 1.33 bits per heavy atom. The van der Waals surface area contributed by atoms with Crippen molar-refractivity contribution < 1.29 is 9.59 Å². The Hall–Kier alpha value is -1.83. The summed E-state index contributed by atoms with van der Waals surface area (Å²) < 4.78 is 0.710. The van der Waals surface area contributed by atoms with Gasteiger partial charge in [0, 0.05) is 18.0 Å². The number of hydrogen-bond acceptors (Lipinski definition) is 5. The minimum atomic E-state index is -0.697. The van der Waals surface area contributed by atoms with Crippen LogP contribution in [-0.4, -0.2) is 35.0 Å². The molecule has 0 fully saturated rings. The molecule has 0 saturated heterocycles. The maximum Gasteiger partial charge on any atom is 0.231 e. The molecule has 0 aliphatic heterocycles. The molecule has 1 aromatic carbocycles. The molecule has 0 saturated carbocycles. The largest absolute Gasteiger partial charge is 0.352 e. The fraction of sp³-hybridized carbons (Fsp3) is 0.316. The molecule has 0 atom stereocenters. The summed E-state index contributed by atoms with van der Waals surface area (Å²) in [6.07, 6.45) is 1.63. The number of carbonyl (C=O) groups is 2. The monoisotopic (exact) mass is 423 g/mol. The van der Waals surface area contributed by atoms with E-state index in [4.69, 9.17) is 11.6 Å². The summed E-state index contributed by atoms with van der Waals surface area (Å²) in [7, 11) is 0. The van der Waals surface area contributed by atoms with Crippen molar-refractivity contribution in [3.63, 3.8) is 0 Å². The van der Waals surface area contributed by atoms with Gasteiger partial charge in [-0.1, -0.05) is 59.5 Å². The van der Waals surface area contributed by atoms with E-state index in [2.05, 4.69) is 22.2 Å². The van der Waals surface area contributed by atoms with Gasteiger partial charge in [0.1, 0.15) is 10.7 Å². The average Bonchev–Trinajstić information content (AvgIpc) is 3.08. The SMILES string of the molecule is C=CCNC(=O)CSc1nc(-c2ccccc2)c(NC(=O)C(C)(C)CCl)s1. The third-order valence-electron chi connectivity index (χ3n) is 3.60. The van der Waals surface area contributed by atoms with E-state index in [9.17, 15) is 9.59 Å². The predicted molar refractivity (Wildman–Crippen MR) is 115 cm³/mol. The smallest absolute Gasteiger partial charge is 0.231 e. The second-order valence-electron chi connectivity index (χ2n) is 6.38. The lowest BCUT2D eigenvalue weighted by Gasteiger charge is -2.19. The molecular weight excluding hydrogens is 402 g/mol. The van der Waals surface area contributed by atoms with Crippen LogP contribution < -0.4 is 10.6 Å². The van der Waals surface area contributed by atoms with Crippen molar-refractivity contribution in [2.24, 2.45) is 5.41 Å². The van der Waals surface area contributed by atoms with Crippen molar-refractivity contribution in [3.8, 4) is 11.3 Å². The van der Waals surface area contributed by atoms with Gasteiger partial charge in [-0.2, -0.15) is 0 Å². The molecule has 0 unspecified atom stereocenters. The Balaban J connectivity index is 2.23. The highest BCUT2D eigenvalue weighted by molar-refractivity contribution is 8.01. The first-order valence-electron chi connectivity index (χ1n) is 8.31. The molecule has 2 aromatic rings. The summed E-state index contributed by atoms with van der Waals surface area (Å²) in [5.74, 6) is 0.198. The lowest BCUT2D eigenvalue weighted by molar-refractivity contribution is -0.123. The van der Waals surface area contributed by atoms with E-state index in [0.29, 0.717) is 21.6 Å². The molecule has 1 aromatic heterocycles. The Morgan fingerprint density at radius 2 is 2.04 bits per heavy atom. The second kappa shape index (κ2) is 9.92. The van der Waals surface area contributed by atoms with Crippen molar-refractivity contribution >= 4 is 51.5 Å². The molecule has 27 heavy (non-hydrogen) atoms. The molecule has 2 amide bonds. The number of nitrogens with zero attached hydrogens (tertiary/aromatic N) is 1. The third kappa shape index (κ3) is 6.09. The van der Waals surface area contributed by atoms with E-state index in [1.54, 1.807) is 19.9 Å². The van der Waals surface area contributed by atoms with Gasteiger partial charge < -0.3 is 10.6 Å². The summed E-state index contributed by atoms with van der Waals surface area (Å²) in [5, 5.41) is 6.33. The number of carbonyl (C=O) groups excluding carboxylic acids is 2. The molecule has 2 rings (SSSR count). The number of anilines is 1. The summed E-state index contributed by atoms with van der Waals surface area (Å²) >= 11 is 8.60. The van der Waals surface area contributed by atoms with Crippen molar-refractivity contribution in [2.75, 3.05) is 23.5 Å². The zero-order chi connectivity index (χ0) is 19.9. The molecule has 0 aliphatic carbocycles. The lowest BCUT2D eigenvalue weighted by atomic mass is 9.95. The van der Waals surface area contributed by atoms with Gasteiger partial charge in [-0.05, 0) is 13.8 Å². The Morgan fingerprint density at radius 3 is 2.67 bits per heavy atom. The average molecular weight is 424 g/mol. The van der Waals surface area contributed by atoms with Crippen molar-refractivity contribution in [1.82, 2.24) is 10.3 Å². The van der Waals surface area contributed by atoms with Gasteiger partial charge in [-0.3, -0.25) is 9.59 Å². The Kier molecular flexibility index (Phi) is 7.89. The minimum Gasteiger partial charge on any atom is -0.352 e. The quantitative estimate of drug-likeness (QED) is 0.356. The minimum absolute atomic E-state index is 0.0924. The summed E-state index contributed by atoms with van der Waals surface area (Å²) in [6, 6.07) is 9.62. The van der Waals surface area contributed by atoms with E-state index in [1.165, 1.54) is 23.1 Å². The number of amides is 2. The molecule has 8 heteroatoms. The first-order chi connectivity index (χ1) is 12.9. The standard InChI is InChI=1S/C19H22ClN3O2S2/c1-4-10-21-14(24)11-26-18-22-15(13-8-6-5-7-9-13)16(27-18)23-17(25)19(2,3)12-20/h4-9H,1,10-12H2,2-3H3,(H,21,24)(H,23,25). The molecular formula is C19H22ClN3O2S2. The van der Waals surface area contributed by atoms with Gasteiger partial charge in [0.05, 0.1) is 11.2 Å². The van der Waals surface area contributed by atoms with Crippen LogP contribution in [-0.2, 0) is 9.59 Å². The van der Waals surface area contributed by atoms with Crippen molar-refractivity contribution in [1.29, 1.82) is 0 Å². The van der Waals surface area contributed by atoms with Crippen LogP contribution in [0.3, 0.4) is 0 Å². The Labute approximate surface area is 172 Å². The van der Waals surface area contributed by atoms with Crippen LogP contribution in [0.1, 0.15) is 13.8 Å². The first kappa shape index (κ1) is 21.5. The zero-order valence-electron chi connectivity index (χ0n) is 15.3. The normalized spacial score (nSPS) is 11.1. The highest BCUT2D eigenvalue weighted by atomic mass is 35.5. The molecule has 5 nitrogen and oxygen atoms in total. The fourth-order valence-electron chi connectivity index (χ4n) is 1.94. The molecule has 2 N–H and O–H groups in total. The maximum absolute atomic E-state index is 12.5. The molecule has 0 bridgehead atoms. The van der Waals surface area contributed by atoms with Gasteiger partial charge in [-0.15, -0.1) is 18.2 Å². The molecule has 0 spiro atoms. The number of halogens is 1. The van der Waals surface area contributed by atoms with Crippen LogP contribution in [0.4, 0.5) is 5.00 Å². The van der Waals surface area contributed by atoms with Crippen molar-refractivity contribution in [2.45, 2.75) is 18.2 Å². The van der Waals surface area contributed by atoms with Crippen molar-refractivity contribution in [3.05, 3.63) is 43.0 Å². The third-order valence-corrected chi connectivity index (χ3v) is 6.38. The van der Waals surface area contributed by atoms with E-state index < -0.39 is 5.41 Å². The number of alkyl halides is 1. The maximum atomic E-state index is 12.5. The topological polar surface area (TPSA) is 71.1 Å². The van der Waals surface area contributed by atoms with E-state index in [1.807, 2.05) is 30.3 Å². The van der Waals surface area contributed by atoms with Gasteiger partial charge in [0.2, 0.25) is 11.8 Å². The van der Waals surface area contributed by atoms with Crippen LogP contribution in [0, 0.1) is 5.41 Å². The predicted octanol–water partition coefficient (Wildman–Crippen LogP) is 4.41. The lowest BCUT2D eigenvalue weighted by Crippen LogP contribution is -2.32. The number of rotatable bonds is 9. The van der Waals surface area contributed by atoms with E-state index in [-0.39, 0.29) is 23.4 Å².